The molecule has 1 atom stereocenters. The minimum atomic E-state index is -0.867. The molecule has 0 heterocycles. The molecule has 0 N–H and O–H groups in total. The van der Waals surface area contributed by atoms with Gasteiger partial charge in [0.15, 0.2) is 0 Å². The molecule has 0 radical (unpaired) electrons. The molecule has 0 aliphatic rings. The van der Waals surface area contributed by atoms with Crippen LogP contribution in [0.5, 0.6) is 0 Å². The van der Waals surface area contributed by atoms with Gasteiger partial charge in [-0.3, -0.25) is 14.9 Å². The summed E-state index contributed by atoms with van der Waals surface area (Å²) in [6, 6.07) is 3.05. The molecule has 18 heavy (non-hydrogen) atoms. The van der Waals surface area contributed by atoms with E-state index in [0.717, 1.165) is 0 Å². The van der Waals surface area contributed by atoms with Gasteiger partial charge in [-0.1, -0.05) is 15.9 Å². The number of carbonyl (C=O) groups excluding carboxylic acids is 1. The van der Waals surface area contributed by atoms with Gasteiger partial charge in [0.25, 0.3) is 5.69 Å². The third kappa shape index (κ3) is 3.43. The minimum Gasteiger partial charge on any atom is -0.468 e. The maximum atomic E-state index is 11.2. The van der Waals surface area contributed by atoms with Gasteiger partial charge in [0.1, 0.15) is 5.38 Å². The molecule has 0 aromatic heterocycles. The normalized spacial score (nSPS) is 12.0. The number of carbonyl (C=O) groups is 1. The van der Waals surface area contributed by atoms with E-state index in [-0.39, 0.29) is 12.1 Å². The van der Waals surface area contributed by atoms with Crippen molar-refractivity contribution in [1.82, 2.24) is 0 Å². The molecule has 5 nitrogen and oxygen atoms in total. The van der Waals surface area contributed by atoms with Crippen molar-refractivity contribution in [2.75, 3.05) is 7.11 Å². The zero-order valence-corrected chi connectivity index (χ0v) is 12.1. The molecular formula is C11H11BrClNO4. The van der Waals surface area contributed by atoms with Crippen LogP contribution in [0.15, 0.2) is 16.6 Å². The van der Waals surface area contributed by atoms with E-state index in [0.29, 0.717) is 15.6 Å². The molecule has 0 saturated carbocycles. The lowest BCUT2D eigenvalue weighted by molar-refractivity contribution is -0.385. The number of aryl methyl sites for hydroxylation is 1. The molecule has 1 unspecified atom stereocenters. The van der Waals surface area contributed by atoms with Crippen LogP contribution in [0.1, 0.15) is 11.1 Å². The lowest BCUT2D eigenvalue weighted by atomic mass is 10.1. The SMILES string of the molecule is COC(=O)C(Cl)Cc1cc([N+](=O)[O-])c(C)cc1Br. The van der Waals surface area contributed by atoms with Crippen molar-refractivity contribution < 1.29 is 14.5 Å². The quantitative estimate of drug-likeness (QED) is 0.367. The number of nitrogens with zero attached hydrogens (tertiary/aromatic N) is 1. The van der Waals surface area contributed by atoms with Crippen LogP contribution in [0.4, 0.5) is 5.69 Å². The molecular weight excluding hydrogens is 325 g/mol. The second-order valence-electron chi connectivity index (χ2n) is 3.68. The molecule has 0 bridgehead atoms. The van der Waals surface area contributed by atoms with E-state index >= 15 is 0 Å². The second kappa shape index (κ2) is 6.15. The van der Waals surface area contributed by atoms with Crippen LogP contribution in [0.25, 0.3) is 0 Å². The molecule has 0 amide bonds. The number of hydrogen-bond acceptors (Lipinski definition) is 4. The van der Waals surface area contributed by atoms with Crippen LogP contribution < -0.4 is 0 Å². The van der Waals surface area contributed by atoms with Crippen LogP contribution in [0.2, 0.25) is 0 Å². The molecule has 1 rings (SSSR count). The molecule has 7 heteroatoms. The van der Waals surface area contributed by atoms with Crippen LogP contribution >= 0.6 is 27.5 Å². The Labute approximate surface area is 117 Å². The maximum Gasteiger partial charge on any atom is 0.324 e. The summed E-state index contributed by atoms with van der Waals surface area (Å²) in [5.41, 5.74) is 1.14. The van der Waals surface area contributed by atoms with Crippen molar-refractivity contribution in [3.05, 3.63) is 37.8 Å². The number of nitro groups is 1. The Hall–Kier alpha value is -1.14. The Morgan fingerprint density at radius 2 is 2.22 bits per heavy atom. The van der Waals surface area contributed by atoms with E-state index in [4.69, 9.17) is 11.6 Å². The van der Waals surface area contributed by atoms with Gasteiger partial charge < -0.3 is 4.74 Å². The van der Waals surface area contributed by atoms with E-state index < -0.39 is 16.3 Å². The third-order valence-electron chi connectivity index (χ3n) is 2.42. The van der Waals surface area contributed by atoms with Crippen molar-refractivity contribution in [3.8, 4) is 0 Å². The highest BCUT2D eigenvalue weighted by atomic mass is 79.9. The van der Waals surface area contributed by atoms with Crippen molar-refractivity contribution in [2.24, 2.45) is 0 Å². The van der Waals surface area contributed by atoms with Crippen molar-refractivity contribution in [2.45, 2.75) is 18.7 Å². The number of methoxy groups -OCH3 is 1. The lowest BCUT2D eigenvalue weighted by Crippen LogP contribution is -2.19. The van der Waals surface area contributed by atoms with E-state index in [9.17, 15) is 14.9 Å². The molecule has 0 fully saturated rings. The average molecular weight is 337 g/mol. The van der Waals surface area contributed by atoms with Gasteiger partial charge in [-0.15, -0.1) is 11.6 Å². The number of rotatable bonds is 4. The van der Waals surface area contributed by atoms with Gasteiger partial charge in [0.05, 0.1) is 12.0 Å². The Bertz CT molecular complexity index is 492. The van der Waals surface area contributed by atoms with Crippen LogP contribution in [-0.2, 0) is 16.0 Å². The Kier molecular flexibility index (Phi) is 5.10. The average Bonchev–Trinajstić information content (AvgIpc) is 2.30. The second-order valence-corrected chi connectivity index (χ2v) is 5.06. The summed E-state index contributed by atoms with van der Waals surface area (Å²) in [7, 11) is 1.24. The minimum absolute atomic E-state index is 0.00179. The summed E-state index contributed by atoms with van der Waals surface area (Å²) in [5, 5.41) is 9.96. The van der Waals surface area contributed by atoms with Crippen LogP contribution in [0, 0.1) is 17.0 Å². The fraction of sp³-hybridized carbons (Fsp3) is 0.364. The standard InChI is InChI=1S/C11H11BrClNO4/c1-6-3-8(12)7(5-10(6)14(16)17)4-9(13)11(15)18-2/h3,5,9H,4H2,1-2H3. The summed E-state index contributed by atoms with van der Waals surface area (Å²) >= 11 is 9.14. The Balaban J connectivity index is 3.06. The summed E-state index contributed by atoms with van der Waals surface area (Å²) in [6.07, 6.45) is 0.163. The van der Waals surface area contributed by atoms with Gasteiger partial charge in [0, 0.05) is 22.5 Å². The first-order chi connectivity index (χ1) is 8.36. The number of ether oxygens (including phenoxy) is 1. The van der Waals surface area contributed by atoms with Gasteiger partial charge in [-0.25, -0.2) is 0 Å². The highest BCUT2D eigenvalue weighted by molar-refractivity contribution is 9.10. The molecule has 1 aromatic rings. The molecule has 98 valence electrons. The lowest BCUT2D eigenvalue weighted by Gasteiger charge is -2.10. The fourth-order valence-corrected chi connectivity index (χ4v) is 2.34. The first-order valence-corrected chi connectivity index (χ1v) is 6.25. The van der Waals surface area contributed by atoms with E-state index in [1.165, 1.54) is 13.2 Å². The predicted octanol–water partition coefficient (Wildman–Crippen LogP) is 2.99. The number of esters is 1. The topological polar surface area (TPSA) is 69.4 Å². The summed E-state index contributed by atoms with van der Waals surface area (Å²) < 4.78 is 5.19. The van der Waals surface area contributed by atoms with E-state index in [1.54, 1.807) is 13.0 Å². The van der Waals surface area contributed by atoms with Gasteiger partial charge in [0.2, 0.25) is 0 Å². The molecule has 1 aromatic carbocycles. The Morgan fingerprint density at radius 1 is 1.61 bits per heavy atom. The van der Waals surface area contributed by atoms with Crippen LogP contribution in [-0.4, -0.2) is 23.4 Å². The van der Waals surface area contributed by atoms with Gasteiger partial charge >= 0.3 is 5.97 Å². The smallest absolute Gasteiger partial charge is 0.324 e. The molecule has 0 aliphatic carbocycles. The number of nitro benzene ring substituents is 1. The van der Waals surface area contributed by atoms with Gasteiger partial charge in [-0.05, 0) is 18.6 Å². The number of halogens is 2. The van der Waals surface area contributed by atoms with E-state index in [2.05, 4.69) is 20.7 Å². The summed E-state index contributed by atoms with van der Waals surface area (Å²) in [5.74, 6) is -0.563. The van der Waals surface area contributed by atoms with Crippen LogP contribution in [0.3, 0.4) is 0 Å². The summed E-state index contributed by atoms with van der Waals surface area (Å²) in [4.78, 5) is 21.6. The van der Waals surface area contributed by atoms with Crippen molar-refractivity contribution in [1.29, 1.82) is 0 Å². The zero-order chi connectivity index (χ0) is 13.9. The maximum absolute atomic E-state index is 11.2. The fourth-order valence-electron chi connectivity index (χ4n) is 1.46. The largest absolute Gasteiger partial charge is 0.468 e. The first-order valence-electron chi connectivity index (χ1n) is 5.02. The van der Waals surface area contributed by atoms with Crippen molar-refractivity contribution >= 4 is 39.2 Å². The van der Waals surface area contributed by atoms with Gasteiger partial charge in [-0.2, -0.15) is 0 Å². The molecule has 0 spiro atoms. The zero-order valence-electron chi connectivity index (χ0n) is 9.78. The number of alkyl halides is 1. The highest BCUT2D eigenvalue weighted by Crippen LogP contribution is 2.28. The molecule has 0 saturated heterocycles. The number of hydrogen-bond donors (Lipinski definition) is 0. The first kappa shape index (κ1) is 14.9. The Morgan fingerprint density at radius 3 is 2.72 bits per heavy atom. The van der Waals surface area contributed by atoms with Crippen molar-refractivity contribution in [3.63, 3.8) is 0 Å². The van der Waals surface area contributed by atoms with E-state index in [1.807, 2.05) is 0 Å². The third-order valence-corrected chi connectivity index (χ3v) is 3.49. The predicted molar refractivity (Wildman–Crippen MR) is 70.9 cm³/mol. The summed E-state index contributed by atoms with van der Waals surface area (Å²) in [6.45, 7) is 1.64. The molecule has 0 aliphatic heterocycles. The number of benzene rings is 1. The monoisotopic (exact) mass is 335 g/mol. The highest BCUT2D eigenvalue weighted by Gasteiger charge is 2.20.